The monoisotopic (exact) mass is 249 g/mol. The van der Waals surface area contributed by atoms with Crippen molar-refractivity contribution < 1.29 is 14.3 Å². The van der Waals surface area contributed by atoms with Crippen LogP contribution in [0.25, 0.3) is 0 Å². The lowest BCUT2D eigenvalue weighted by atomic mass is 10.0. The molecular weight excluding hydrogens is 230 g/mol. The summed E-state index contributed by atoms with van der Waals surface area (Å²) in [7, 11) is 1.58. The van der Waals surface area contributed by atoms with Crippen molar-refractivity contribution in [3.05, 3.63) is 35.4 Å². The van der Waals surface area contributed by atoms with Gasteiger partial charge in [-0.2, -0.15) is 0 Å². The Bertz CT molecular complexity index is 415. The normalized spacial score (nSPS) is 10.1. The molecule has 0 saturated heterocycles. The van der Waals surface area contributed by atoms with E-state index in [1.807, 2.05) is 25.1 Å². The molecule has 1 N–H and O–H groups in total. The number of amides is 1. The molecule has 0 saturated carbocycles. The van der Waals surface area contributed by atoms with E-state index in [0.29, 0.717) is 18.7 Å². The predicted molar refractivity (Wildman–Crippen MR) is 69.6 cm³/mol. The van der Waals surface area contributed by atoms with Gasteiger partial charge in [0.25, 0.3) is 0 Å². The fourth-order valence-corrected chi connectivity index (χ4v) is 1.63. The highest BCUT2D eigenvalue weighted by molar-refractivity contribution is 5.99. The molecule has 4 heteroatoms. The summed E-state index contributed by atoms with van der Waals surface area (Å²) in [6, 6.07) is 7.41. The highest BCUT2D eigenvalue weighted by Gasteiger charge is 2.10. The van der Waals surface area contributed by atoms with Crippen LogP contribution in [0.3, 0.4) is 0 Å². The molecule has 1 aromatic rings. The summed E-state index contributed by atoms with van der Waals surface area (Å²) in [5.74, 6) is -0.107. The minimum atomic E-state index is -0.117. The molecule has 1 rings (SSSR count). The number of ether oxygens (including phenoxy) is 1. The second kappa shape index (κ2) is 7.61. The molecule has 0 radical (unpaired) electrons. The van der Waals surface area contributed by atoms with Gasteiger partial charge in [-0.25, -0.2) is 0 Å². The molecule has 0 aliphatic rings. The third-order valence-electron chi connectivity index (χ3n) is 2.65. The first-order valence-corrected chi connectivity index (χ1v) is 5.99. The number of hydrogen-bond donors (Lipinski definition) is 1. The quantitative estimate of drug-likeness (QED) is 0.591. The first kappa shape index (κ1) is 14.4. The average molecular weight is 249 g/mol. The van der Waals surface area contributed by atoms with Gasteiger partial charge in [0.05, 0.1) is 6.61 Å². The van der Waals surface area contributed by atoms with Crippen LogP contribution >= 0.6 is 0 Å². The van der Waals surface area contributed by atoms with E-state index in [1.54, 1.807) is 13.2 Å². The van der Waals surface area contributed by atoms with Crippen molar-refractivity contribution in [2.45, 2.75) is 19.8 Å². The van der Waals surface area contributed by atoms with Crippen LogP contribution < -0.4 is 5.32 Å². The van der Waals surface area contributed by atoms with E-state index in [9.17, 15) is 9.59 Å². The van der Waals surface area contributed by atoms with Crippen molar-refractivity contribution in [3.63, 3.8) is 0 Å². The summed E-state index contributed by atoms with van der Waals surface area (Å²) < 4.78 is 4.82. The van der Waals surface area contributed by atoms with E-state index in [-0.39, 0.29) is 24.5 Å². The second-order valence-corrected chi connectivity index (χ2v) is 4.08. The Hall–Kier alpha value is -1.68. The lowest BCUT2D eigenvalue weighted by Gasteiger charge is -2.05. The van der Waals surface area contributed by atoms with Gasteiger partial charge >= 0.3 is 0 Å². The molecule has 0 heterocycles. The molecule has 0 fully saturated rings. The van der Waals surface area contributed by atoms with Gasteiger partial charge < -0.3 is 10.1 Å². The third kappa shape index (κ3) is 4.67. The van der Waals surface area contributed by atoms with E-state index in [2.05, 4.69) is 5.32 Å². The van der Waals surface area contributed by atoms with Gasteiger partial charge in [0.15, 0.2) is 5.78 Å². The molecule has 4 nitrogen and oxygen atoms in total. The summed E-state index contributed by atoms with van der Waals surface area (Å²) in [5.41, 5.74) is 1.64. The summed E-state index contributed by atoms with van der Waals surface area (Å²) in [6.45, 7) is 2.86. The van der Waals surface area contributed by atoms with Crippen molar-refractivity contribution in [1.82, 2.24) is 5.32 Å². The molecule has 0 aliphatic heterocycles. The lowest BCUT2D eigenvalue weighted by Crippen LogP contribution is -2.27. The van der Waals surface area contributed by atoms with Crippen molar-refractivity contribution in [1.29, 1.82) is 0 Å². The molecular formula is C14H19NO3. The third-order valence-corrected chi connectivity index (χ3v) is 2.65. The van der Waals surface area contributed by atoms with Gasteiger partial charge in [-0.15, -0.1) is 0 Å². The summed E-state index contributed by atoms with van der Waals surface area (Å²) in [5, 5.41) is 2.69. The van der Waals surface area contributed by atoms with Gasteiger partial charge in [-0.3, -0.25) is 9.59 Å². The molecule has 1 amide bonds. The number of benzene rings is 1. The smallest absolute Gasteiger partial charge is 0.220 e. The number of carbonyl (C=O) groups excluding carboxylic acids is 2. The van der Waals surface area contributed by atoms with Gasteiger partial charge in [0.2, 0.25) is 5.91 Å². The largest absolute Gasteiger partial charge is 0.383 e. The number of carbonyl (C=O) groups is 2. The SMILES string of the molecule is COCCNC(=O)CCC(=O)c1ccccc1C. The van der Waals surface area contributed by atoms with E-state index >= 15 is 0 Å². The molecule has 0 spiro atoms. The van der Waals surface area contributed by atoms with E-state index in [0.717, 1.165) is 5.56 Å². The Balaban J connectivity index is 2.38. The fraction of sp³-hybridized carbons (Fsp3) is 0.429. The molecule has 0 atom stereocenters. The van der Waals surface area contributed by atoms with Gasteiger partial charge in [0.1, 0.15) is 0 Å². The fourth-order valence-electron chi connectivity index (χ4n) is 1.63. The summed E-state index contributed by atoms with van der Waals surface area (Å²) >= 11 is 0. The Morgan fingerprint density at radius 2 is 1.94 bits per heavy atom. The number of nitrogens with one attached hydrogen (secondary N) is 1. The summed E-state index contributed by atoms with van der Waals surface area (Å²) in [6.07, 6.45) is 0.459. The molecule has 1 aromatic carbocycles. The van der Waals surface area contributed by atoms with Crippen LogP contribution in [0.1, 0.15) is 28.8 Å². The molecule has 0 bridgehead atoms. The van der Waals surface area contributed by atoms with Crippen LogP contribution in [-0.4, -0.2) is 32.0 Å². The van der Waals surface area contributed by atoms with Crippen molar-refractivity contribution in [2.24, 2.45) is 0 Å². The van der Waals surface area contributed by atoms with Gasteiger partial charge in [-0.1, -0.05) is 24.3 Å². The van der Waals surface area contributed by atoms with Crippen LogP contribution in [-0.2, 0) is 9.53 Å². The molecule has 0 aromatic heterocycles. The minimum absolute atomic E-state index is 0.00925. The Kier molecular flexibility index (Phi) is 6.08. The zero-order valence-corrected chi connectivity index (χ0v) is 10.9. The van der Waals surface area contributed by atoms with Crippen molar-refractivity contribution >= 4 is 11.7 Å². The Morgan fingerprint density at radius 1 is 1.22 bits per heavy atom. The van der Waals surface area contributed by atoms with E-state index < -0.39 is 0 Å². The second-order valence-electron chi connectivity index (χ2n) is 4.08. The topological polar surface area (TPSA) is 55.4 Å². The van der Waals surface area contributed by atoms with Crippen LogP contribution in [0.5, 0.6) is 0 Å². The average Bonchev–Trinajstić information content (AvgIpc) is 2.37. The maximum Gasteiger partial charge on any atom is 0.220 e. The van der Waals surface area contributed by atoms with Crippen LogP contribution in [0, 0.1) is 6.92 Å². The van der Waals surface area contributed by atoms with Crippen LogP contribution in [0.4, 0.5) is 0 Å². The van der Waals surface area contributed by atoms with Crippen molar-refractivity contribution in [2.75, 3.05) is 20.3 Å². The predicted octanol–water partition coefficient (Wildman–Crippen LogP) is 1.72. The standard InChI is InChI=1S/C14H19NO3/c1-11-5-3-4-6-12(11)13(16)7-8-14(17)15-9-10-18-2/h3-6H,7-10H2,1-2H3,(H,15,17). The number of aryl methyl sites for hydroxylation is 1. The molecule has 0 aliphatic carbocycles. The number of hydrogen-bond acceptors (Lipinski definition) is 3. The van der Waals surface area contributed by atoms with Gasteiger partial charge in [-0.05, 0) is 12.5 Å². The number of rotatable bonds is 7. The van der Waals surface area contributed by atoms with E-state index in [4.69, 9.17) is 4.74 Å². The molecule has 0 unspecified atom stereocenters. The summed E-state index contributed by atoms with van der Waals surface area (Å²) in [4.78, 5) is 23.3. The zero-order valence-electron chi connectivity index (χ0n) is 10.9. The maximum atomic E-state index is 11.9. The number of methoxy groups -OCH3 is 1. The lowest BCUT2D eigenvalue weighted by molar-refractivity contribution is -0.121. The van der Waals surface area contributed by atoms with Crippen molar-refractivity contribution in [3.8, 4) is 0 Å². The Morgan fingerprint density at radius 3 is 2.61 bits per heavy atom. The molecule has 18 heavy (non-hydrogen) atoms. The van der Waals surface area contributed by atoms with E-state index in [1.165, 1.54) is 0 Å². The highest BCUT2D eigenvalue weighted by atomic mass is 16.5. The minimum Gasteiger partial charge on any atom is -0.383 e. The Labute approximate surface area is 107 Å². The number of Topliss-reactive ketones (excluding diaryl/α,β-unsaturated/α-hetero) is 1. The number of ketones is 1. The zero-order chi connectivity index (χ0) is 13.4. The maximum absolute atomic E-state index is 11.9. The molecule has 98 valence electrons. The first-order valence-electron chi connectivity index (χ1n) is 5.99. The highest BCUT2D eigenvalue weighted by Crippen LogP contribution is 2.10. The first-order chi connectivity index (χ1) is 8.65. The van der Waals surface area contributed by atoms with Gasteiger partial charge in [0, 0.05) is 32.1 Å². The van der Waals surface area contributed by atoms with Crippen LogP contribution in [0.2, 0.25) is 0 Å². The van der Waals surface area contributed by atoms with Crippen LogP contribution in [0.15, 0.2) is 24.3 Å².